The number of nitrogens with zero attached hydrogens (tertiary/aromatic N) is 3. The van der Waals surface area contributed by atoms with Crippen LogP contribution in [0.2, 0.25) is 0 Å². The number of aromatic nitrogens is 4. The third-order valence-corrected chi connectivity index (χ3v) is 8.00. The summed E-state index contributed by atoms with van der Waals surface area (Å²) in [6.07, 6.45) is 6.98. The number of carbonyl (C=O) groups is 1. The van der Waals surface area contributed by atoms with E-state index in [0.29, 0.717) is 19.1 Å². The summed E-state index contributed by atoms with van der Waals surface area (Å²) in [5, 5.41) is 8.06. The van der Waals surface area contributed by atoms with Crippen LogP contribution in [0.5, 0.6) is 0 Å². The summed E-state index contributed by atoms with van der Waals surface area (Å²) in [7, 11) is 3.94. The SMILES string of the molecule is CNCC(=O)NCCCCc1ncc(-c2ccc(C#Cc3ccc4c(ccc5[nH]c(C6CCCN6C)nc54)c3)cc2)[nH]1. The van der Waals surface area contributed by atoms with E-state index in [1.807, 2.05) is 18.3 Å². The van der Waals surface area contributed by atoms with Gasteiger partial charge in [-0.3, -0.25) is 9.69 Å². The number of amides is 1. The van der Waals surface area contributed by atoms with Crippen LogP contribution in [0.3, 0.4) is 0 Å². The van der Waals surface area contributed by atoms with Crippen molar-refractivity contribution >= 4 is 27.7 Å². The van der Waals surface area contributed by atoms with Gasteiger partial charge in [0.15, 0.2) is 0 Å². The number of likely N-dealkylation sites (N-methyl/N-ethyl adjacent to an activating group) is 1. The molecule has 214 valence electrons. The van der Waals surface area contributed by atoms with Crippen LogP contribution in [0.1, 0.15) is 54.5 Å². The predicted molar refractivity (Wildman–Crippen MR) is 168 cm³/mol. The number of hydrogen-bond acceptors (Lipinski definition) is 5. The first-order valence-electron chi connectivity index (χ1n) is 14.8. The molecule has 0 spiro atoms. The Morgan fingerprint density at radius 2 is 1.88 bits per heavy atom. The van der Waals surface area contributed by atoms with Gasteiger partial charge in [0.1, 0.15) is 11.6 Å². The van der Waals surface area contributed by atoms with E-state index in [1.165, 1.54) is 6.42 Å². The number of likely N-dealkylation sites (tertiary alicyclic amines) is 1. The van der Waals surface area contributed by atoms with Crippen molar-refractivity contribution in [3.63, 3.8) is 0 Å². The molecule has 8 nitrogen and oxygen atoms in total. The fourth-order valence-electron chi connectivity index (χ4n) is 5.69. The van der Waals surface area contributed by atoms with Gasteiger partial charge in [-0.05, 0) is 87.6 Å². The second-order valence-electron chi connectivity index (χ2n) is 11.1. The van der Waals surface area contributed by atoms with Crippen LogP contribution in [-0.4, -0.2) is 64.5 Å². The van der Waals surface area contributed by atoms with Crippen LogP contribution in [0, 0.1) is 11.8 Å². The lowest BCUT2D eigenvalue weighted by Gasteiger charge is -2.16. The van der Waals surface area contributed by atoms with Crippen molar-refractivity contribution in [3.05, 3.63) is 83.6 Å². The Morgan fingerprint density at radius 3 is 2.69 bits per heavy atom. The van der Waals surface area contributed by atoms with Crippen LogP contribution >= 0.6 is 0 Å². The number of H-pyrrole nitrogens is 2. The molecule has 2 aromatic heterocycles. The van der Waals surface area contributed by atoms with E-state index in [2.05, 4.69) is 91.8 Å². The van der Waals surface area contributed by atoms with E-state index in [4.69, 9.17) is 4.98 Å². The van der Waals surface area contributed by atoms with Crippen LogP contribution in [-0.2, 0) is 11.2 Å². The molecule has 1 fully saturated rings. The van der Waals surface area contributed by atoms with Gasteiger partial charge in [0.2, 0.25) is 5.91 Å². The second-order valence-corrected chi connectivity index (χ2v) is 11.1. The molecule has 1 aliphatic heterocycles. The highest BCUT2D eigenvalue weighted by Crippen LogP contribution is 2.32. The standard InChI is InChI=1S/C34H37N7O/c1-35-22-32(42)36-18-4-3-7-31-37-21-29(38-31)25-13-10-23(11-14-25)8-9-24-12-16-27-26(20-24)15-17-28-33(27)40-34(39-28)30-6-5-19-41(30)2/h10-17,20-21,30,35H,3-7,18-19,22H2,1-2H3,(H,36,42)(H,37,38)(H,39,40). The van der Waals surface area contributed by atoms with E-state index in [-0.39, 0.29) is 5.91 Å². The zero-order valence-corrected chi connectivity index (χ0v) is 24.3. The minimum atomic E-state index is 0.0279. The highest BCUT2D eigenvalue weighted by Gasteiger charge is 2.25. The summed E-state index contributed by atoms with van der Waals surface area (Å²) in [5.74, 6) is 8.70. The minimum Gasteiger partial charge on any atom is -0.355 e. The van der Waals surface area contributed by atoms with Gasteiger partial charge < -0.3 is 20.6 Å². The average molecular weight is 560 g/mol. The van der Waals surface area contributed by atoms with Gasteiger partial charge in [-0.15, -0.1) is 0 Å². The lowest BCUT2D eigenvalue weighted by Crippen LogP contribution is -2.32. The summed E-state index contributed by atoms with van der Waals surface area (Å²) in [5.41, 5.74) is 6.15. The lowest BCUT2D eigenvalue weighted by molar-refractivity contribution is -0.120. The Kier molecular flexibility index (Phi) is 8.31. The fraction of sp³-hybridized carbons (Fsp3) is 0.324. The maximum Gasteiger partial charge on any atom is 0.233 e. The molecule has 1 unspecified atom stereocenters. The summed E-state index contributed by atoms with van der Waals surface area (Å²) in [4.78, 5) is 30.4. The number of benzene rings is 3. The van der Waals surface area contributed by atoms with E-state index >= 15 is 0 Å². The van der Waals surface area contributed by atoms with E-state index in [0.717, 1.165) is 88.1 Å². The molecule has 4 N–H and O–H groups in total. The number of hydrogen-bond donors (Lipinski definition) is 4. The Bertz CT molecular complexity index is 1760. The molecular weight excluding hydrogens is 522 g/mol. The monoisotopic (exact) mass is 559 g/mol. The van der Waals surface area contributed by atoms with Crippen molar-refractivity contribution in [2.45, 2.75) is 38.1 Å². The number of imidazole rings is 2. The van der Waals surface area contributed by atoms with Crippen molar-refractivity contribution < 1.29 is 4.79 Å². The summed E-state index contributed by atoms with van der Waals surface area (Å²) in [6, 6.07) is 19.3. The minimum absolute atomic E-state index is 0.0279. The maximum atomic E-state index is 11.5. The molecule has 42 heavy (non-hydrogen) atoms. The molecule has 8 heteroatoms. The predicted octanol–water partition coefficient (Wildman–Crippen LogP) is 4.93. The first-order valence-corrected chi connectivity index (χ1v) is 14.8. The van der Waals surface area contributed by atoms with Crippen LogP contribution in [0.15, 0.2) is 60.8 Å². The first kappa shape index (κ1) is 27.7. The van der Waals surface area contributed by atoms with Gasteiger partial charge in [-0.1, -0.05) is 36.1 Å². The smallest absolute Gasteiger partial charge is 0.233 e. The number of aromatic amines is 2. The van der Waals surface area contributed by atoms with Crippen molar-refractivity contribution in [2.24, 2.45) is 0 Å². The highest BCUT2D eigenvalue weighted by atomic mass is 16.1. The third kappa shape index (κ3) is 6.23. The van der Waals surface area contributed by atoms with Gasteiger partial charge in [0.25, 0.3) is 0 Å². The molecule has 0 bridgehead atoms. The molecule has 1 amide bonds. The molecule has 0 aliphatic carbocycles. The molecule has 1 atom stereocenters. The summed E-state index contributed by atoms with van der Waals surface area (Å²) < 4.78 is 0. The van der Waals surface area contributed by atoms with Crippen LogP contribution in [0.4, 0.5) is 0 Å². The second kappa shape index (κ2) is 12.6. The quantitative estimate of drug-likeness (QED) is 0.152. The maximum absolute atomic E-state index is 11.5. The topological polar surface area (TPSA) is 102 Å². The van der Waals surface area contributed by atoms with Gasteiger partial charge in [-0.2, -0.15) is 0 Å². The number of fused-ring (bicyclic) bond motifs is 3. The molecule has 5 aromatic rings. The van der Waals surface area contributed by atoms with Gasteiger partial charge >= 0.3 is 0 Å². The van der Waals surface area contributed by atoms with E-state index in [9.17, 15) is 4.79 Å². The van der Waals surface area contributed by atoms with Crippen LogP contribution < -0.4 is 10.6 Å². The Morgan fingerprint density at radius 1 is 1.05 bits per heavy atom. The summed E-state index contributed by atoms with van der Waals surface area (Å²) >= 11 is 0. The largest absolute Gasteiger partial charge is 0.355 e. The molecule has 3 heterocycles. The number of unbranched alkanes of at least 4 members (excludes halogenated alkanes) is 1. The van der Waals surface area contributed by atoms with Crippen molar-refractivity contribution in [3.8, 4) is 23.1 Å². The molecular formula is C34H37N7O. The van der Waals surface area contributed by atoms with Gasteiger partial charge in [0, 0.05) is 29.5 Å². The zero-order valence-electron chi connectivity index (χ0n) is 24.3. The van der Waals surface area contributed by atoms with Crippen LogP contribution in [0.25, 0.3) is 33.1 Å². The average Bonchev–Trinajstić information content (AvgIpc) is 3.76. The zero-order chi connectivity index (χ0) is 28.9. The van der Waals surface area contributed by atoms with E-state index in [1.54, 1.807) is 7.05 Å². The summed E-state index contributed by atoms with van der Waals surface area (Å²) in [6.45, 7) is 2.16. The Balaban J connectivity index is 1.08. The highest BCUT2D eigenvalue weighted by molar-refractivity contribution is 6.04. The fourth-order valence-corrected chi connectivity index (χ4v) is 5.69. The molecule has 0 saturated carbocycles. The van der Waals surface area contributed by atoms with Crippen molar-refractivity contribution in [1.82, 2.24) is 35.5 Å². The number of carbonyl (C=O) groups excluding carboxylic acids is 1. The van der Waals surface area contributed by atoms with Crippen molar-refractivity contribution in [1.29, 1.82) is 0 Å². The molecule has 0 radical (unpaired) electrons. The number of aryl methyl sites for hydroxylation is 1. The number of rotatable bonds is 9. The molecule has 3 aromatic carbocycles. The lowest BCUT2D eigenvalue weighted by atomic mass is 10.1. The van der Waals surface area contributed by atoms with E-state index < -0.39 is 0 Å². The Labute approximate surface area is 246 Å². The first-order chi connectivity index (χ1) is 20.6. The molecule has 6 rings (SSSR count). The third-order valence-electron chi connectivity index (χ3n) is 8.00. The normalized spacial score (nSPS) is 15.2. The van der Waals surface area contributed by atoms with Gasteiger partial charge in [-0.25, -0.2) is 9.97 Å². The number of nitrogens with one attached hydrogen (secondary N) is 4. The molecule has 1 aliphatic rings. The van der Waals surface area contributed by atoms with Crippen molar-refractivity contribution in [2.75, 3.05) is 33.7 Å². The molecule has 1 saturated heterocycles. The van der Waals surface area contributed by atoms with Gasteiger partial charge in [0.05, 0.1) is 35.5 Å². The Hall–Kier alpha value is -4.45.